The molecule has 1 fully saturated rings. The summed E-state index contributed by atoms with van der Waals surface area (Å²) >= 11 is 6.43. The molecular weight excluding hydrogens is 410 g/mol. The first-order valence-electron chi connectivity index (χ1n) is 9.93. The van der Waals surface area contributed by atoms with Crippen LogP contribution in [0.2, 0.25) is 5.02 Å². The van der Waals surface area contributed by atoms with Gasteiger partial charge in [-0.1, -0.05) is 29.8 Å². The van der Waals surface area contributed by atoms with E-state index in [1.807, 2.05) is 24.3 Å². The van der Waals surface area contributed by atoms with Crippen molar-refractivity contribution in [3.05, 3.63) is 58.1 Å². The Balaban J connectivity index is 1.62. The summed E-state index contributed by atoms with van der Waals surface area (Å²) in [6.45, 7) is 2.39. The van der Waals surface area contributed by atoms with E-state index in [0.717, 1.165) is 29.1 Å². The van der Waals surface area contributed by atoms with Crippen molar-refractivity contribution in [2.24, 2.45) is 0 Å². The molecule has 2 aromatic carbocycles. The van der Waals surface area contributed by atoms with E-state index in [1.165, 1.54) is 6.92 Å². The minimum atomic E-state index is -1.45. The van der Waals surface area contributed by atoms with Gasteiger partial charge in [-0.25, -0.2) is 0 Å². The van der Waals surface area contributed by atoms with Gasteiger partial charge in [0.1, 0.15) is 42.4 Å². The van der Waals surface area contributed by atoms with Gasteiger partial charge in [0.25, 0.3) is 0 Å². The quantitative estimate of drug-likeness (QED) is 0.496. The normalized spacial score (nSPS) is 30.9. The zero-order chi connectivity index (χ0) is 21.5. The summed E-state index contributed by atoms with van der Waals surface area (Å²) in [5.41, 5.74) is 2.01. The molecule has 0 amide bonds. The average Bonchev–Trinajstić information content (AvgIpc) is 2.76. The monoisotopic (exact) mass is 435 g/mol. The first-order valence-corrected chi connectivity index (χ1v) is 10.3. The molecule has 5 atom stereocenters. The lowest BCUT2D eigenvalue weighted by molar-refractivity contribution is -0.273. The maximum Gasteiger partial charge on any atom is 0.142 e. The number of nitrogens with one attached hydrogen (secondary N) is 1. The molecule has 2 aliphatic rings. The second kappa shape index (κ2) is 8.34. The molecule has 0 aromatic heterocycles. The zero-order valence-corrected chi connectivity index (χ0v) is 17.3. The van der Waals surface area contributed by atoms with Gasteiger partial charge in [0, 0.05) is 11.6 Å². The van der Waals surface area contributed by atoms with Gasteiger partial charge in [-0.3, -0.25) is 0 Å². The molecule has 0 saturated carbocycles. The molecule has 4 rings (SSSR count). The molecule has 2 heterocycles. The van der Waals surface area contributed by atoms with Crippen LogP contribution >= 0.6 is 11.6 Å². The fourth-order valence-corrected chi connectivity index (χ4v) is 4.16. The molecule has 0 radical (unpaired) electrons. The fourth-order valence-electron chi connectivity index (χ4n) is 3.98. The molecule has 1 unspecified atom stereocenters. The van der Waals surface area contributed by atoms with Crippen LogP contribution in [0.25, 0.3) is 0 Å². The highest BCUT2D eigenvalue weighted by atomic mass is 35.5. The predicted octanol–water partition coefficient (Wildman–Crippen LogP) is 1.64. The third-order valence-electron chi connectivity index (χ3n) is 5.83. The number of aliphatic hydroxyl groups is 4. The predicted molar refractivity (Wildman–Crippen MR) is 112 cm³/mol. The van der Waals surface area contributed by atoms with Crippen LogP contribution in [0.5, 0.6) is 5.75 Å². The van der Waals surface area contributed by atoms with Crippen molar-refractivity contribution in [1.29, 1.82) is 0 Å². The van der Waals surface area contributed by atoms with Crippen LogP contribution in [-0.4, -0.2) is 64.1 Å². The first-order chi connectivity index (χ1) is 14.3. The van der Waals surface area contributed by atoms with E-state index < -0.39 is 36.6 Å². The van der Waals surface area contributed by atoms with Crippen LogP contribution in [0, 0.1) is 0 Å². The van der Waals surface area contributed by atoms with Gasteiger partial charge in [0.15, 0.2) is 0 Å². The van der Waals surface area contributed by atoms with Gasteiger partial charge in [-0.2, -0.15) is 0 Å². The Hall–Kier alpha value is -1.87. The highest BCUT2D eigenvalue weighted by molar-refractivity contribution is 6.31. The Kier molecular flexibility index (Phi) is 5.94. The van der Waals surface area contributed by atoms with Gasteiger partial charge in [0.05, 0.1) is 12.3 Å². The number of fused-ring (bicyclic) bond motifs is 1. The molecule has 30 heavy (non-hydrogen) atoms. The van der Waals surface area contributed by atoms with E-state index in [0.29, 0.717) is 23.6 Å². The van der Waals surface area contributed by atoms with Crippen molar-refractivity contribution >= 4 is 17.3 Å². The molecule has 162 valence electrons. The number of ether oxygens (including phenoxy) is 2. The summed E-state index contributed by atoms with van der Waals surface area (Å²) < 4.78 is 11.5. The second-order valence-corrected chi connectivity index (χ2v) is 8.48. The van der Waals surface area contributed by atoms with Crippen LogP contribution in [-0.2, 0) is 11.2 Å². The molecule has 0 spiro atoms. The molecule has 5 N–H and O–H groups in total. The molecule has 0 bridgehead atoms. The second-order valence-electron chi connectivity index (χ2n) is 8.07. The molecule has 2 aromatic rings. The lowest BCUT2D eigenvalue weighted by atomic mass is 9.84. The number of aliphatic hydroxyl groups excluding tert-OH is 4. The van der Waals surface area contributed by atoms with Crippen LogP contribution < -0.4 is 10.1 Å². The van der Waals surface area contributed by atoms with Crippen LogP contribution in [0.1, 0.15) is 29.7 Å². The summed E-state index contributed by atoms with van der Waals surface area (Å²) in [6.07, 6.45) is -4.58. The zero-order valence-electron chi connectivity index (χ0n) is 16.6. The van der Waals surface area contributed by atoms with Crippen LogP contribution in [0.4, 0.5) is 5.69 Å². The van der Waals surface area contributed by atoms with Gasteiger partial charge in [0.2, 0.25) is 0 Å². The van der Waals surface area contributed by atoms with Crippen molar-refractivity contribution in [3.8, 4) is 5.75 Å². The van der Waals surface area contributed by atoms with E-state index in [9.17, 15) is 20.4 Å². The van der Waals surface area contributed by atoms with E-state index in [1.54, 1.807) is 12.1 Å². The lowest BCUT2D eigenvalue weighted by Gasteiger charge is -2.46. The van der Waals surface area contributed by atoms with Crippen LogP contribution in [0.15, 0.2) is 36.4 Å². The molecule has 7 nitrogen and oxygen atoms in total. The lowest BCUT2D eigenvalue weighted by Crippen LogP contribution is -2.61. The smallest absolute Gasteiger partial charge is 0.142 e. The maximum absolute atomic E-state index is 10.5. The SMILES string of the molecule is CC1(CO)O[C@@H](c2ccc(Cl)c(Cc3ccc4c(c3)NCCO4)c2)[C@H](O)[C@@H](O)[C@@H]1O. The number of rotatable bonds is 4. The van der Waals surface area contributed by atoms with Crippen molar-refractivity contribution in [1.82, 2.24) is 0 Å². The third kappa shape index (κ3) is 3.89. The topological polar surface area (TPSA) is 111 Å². The first kappa shape index (κ1) is 21.4. The Morgan fingerprint density at radius 1 is 1.13 bits per heavy atom. The van der Waals surface area contributed by atoms with E-state index in [2.05, 4.69) is 5.32 Å². The fraction of sp³-hybridized carbons (Fsp3) is 0.455. The standard InChI is InChI=1S/C22H26ClNO6/c1-22(11-25)21(28)19(27)18(26)20(30-22)13-3-4-15(23)14(10-13)8-12-2-5-17-16(9-12)24-6-7-29-17/h2-5,9-10,18-21,24-28H,6-8,11H2,1H3/t18-,19-,20+,21+,22?/m1/s1. The molecule has 8 heteroatoms. The van der Waals surface area contributed by atoms with Gasteiger partial charge < -0.3 is 35.2 Å². The van der Waals surface area contributed by atoms with E-state index >= 15 is 0 Å². The highest BCUT2D eigenvalue weighted by Crippen LogP contribution is 2.39. The molecule has 0 aliphatic carbocycles. The Bertz CT molecular complexity index is 924. The van der Waals surface area contributed by atoms with Gasteiger partial charge in [-0.15, -0.1) is 0 Å². The molecule has 1 saturated heterocycles. The minimum Gasteiger partial charge on any atom is -0.490 e. The van der Waals surface area contributed by atoms with Gasteiger partial charge in [-0.05, 0) is 48.2 Å². The van der Waals surface area contributed by atoms with Crippen LogP contribution in [0.3, 0.4) is 0 Å². The largest absolute Gasteiger partial charge is 0.490 e. The number of hydrogen-bond acceptors (Lipinski definition) is 7. The molecular formula is C22H26ClNO6. The maximum atomic E-state index is 10.5. The number of anilines is 1. The minimum absolute atomic E-state index is 0.501. The Morgan fingerprint density at radius 3 is 2.70 bits per heavy atom. The summed E-state index contributed by atoms with van der Waals surface area (Å²) in [7, 11) is 0. The average molecular weight is 436 g/mol. The van der Waals surface area contributed by atoms with Crippen molar-refractivity contribution in [2.45, 2.75) is 43.4 Å². The number of hydrogen-bond donors (Lipinski definition) is 5. The number of benzene rings is 2. The summed E-state index contributed by atoms with van der Waals surface area (Å²) in [5.74, 6) is 0.819. The van der Waals surface area contributed by atoms with Crippen molar-refractivity contribution < 1.29 is 29.9 Å². The number of halogens is 1. The van der Waals surface area contributed by atoms with Gasteiger partial charge >= 0.3 is 0 Å². The Labute approximate surface area is 179 Å². The van der Waals surface area contributed by atoms with E-state index in [-0.39, 0.29) is 0 Å². The summed E-state index contributed by atoms with van der Waals surface area (Å²) in [5, 5.41) is 44.5. The molecule has 2 aliphatic heterocycles. The Morgan fingerprint density at radius 2 is 1.93 bits per heavy atom. The highest BCUT2D eigenvalue weighted by Gasteiger charge is 2.50. The van der Waals surface area contributed by atoms with E-state index in [4.69, 9.17) is 21.1 Å². The summed E-state index contributed by atoms with van der Waals surface area (Å²) in [6, 6.07) is 11.2. The van der Waals surface area contributed by atoms with Crippen molar-refractivity contribution in [2.75, 3.05) is 25.1 Å². The summed E-state index contributed by atoms with van der Waals surface area (Å²) in [4.78, 5) is 0. The third-order valence-corrected chi connectivity index (χ3v) is 6.20. The van der Waals surface area contributed by atoms with Crippen molar-refractivity contribution in [3.63, 3.8) is 0 Å².